The number of halogens is 1. The van der Waals surface area contributed by atoms with Crippen LogP contribution in [0.5, 0.6) is 0 Å². The van der Waals surface area contributed by atoms with Crippen molar-refractivity contribution >= 4 is 46.3 Å². The van der Waals surface area contributed by atoms with Crippen LogP contribution in [0.1, 0.15) is 57.8 Å². The number of carbonyl (C=O) groups excluding carboxylic acids is 2. The van der Waals surface area contributed by atoms with Gasteiger partial charge in [0, 0.05) is 36.1 Å². The normalized spacial score (nSPS) is 23.1. The molecule has 1 aromatic rings. The number of anilines is 1. The van der Waals surface area contributed by atoms with Crippen molar-refractivity contribution in [2.75, 3.05) is 18.4 Å². The van der Waals surface area contributed by atoms with Crippen LogP contribution in [0.4, 0.5) is 5.69 Å². The summed E-state index contributed by atoms with van der Waals surface area (Å²) >= 11 is 11.5. The molecule has 2 N–H and O–H groups in total. The molecule has 1 amide bonds. The highest BCUT2D eigenvalue weighted by atomic mass is 35.5. The van der Waals surface area contributed by atoms with Gasteiger partial charge in [0.25, 0.3) is 0 Å². The summed E-state index contributed by atoms with van der Waals surface area (Å²) in [5.74, 6) is 0.0147. The van der Waals surface area contributed by atoms with E-state index < -0.39 is 0 Å². The molecule has 7 heteroatoms. The highest BCUT2D eigenvalue weighted by molar-refractivity contribution is 7.80. The standard InChI is InChI=1S/C22H30ClN3O2S/c23-17-9-7-10-18(15-17)24-22(29)25-19-11-4-2-1-3-8-16(21(19)28)14-20(27)26-12-5-6-13-26/h7,9-10,15-16,19H,1-6,8,11-14H2,(H2,24,25,29). The Labute approximate surface area is 183 Å². The number of benzene rings is 1. The molecule has 2 atom stereocenters. The first-order chi connectivity index (χ1) is 14.0. The van der Waals surface area contributed by atoms with Crippen LogP contribution in [0.15, 0.2) is 24.3 Å². The smallest absolute Gasteiger partial charge is 0.223 e. The number of hydrogen-bond donors (Lipinski definition) is 2. The molecule has 1 aliphatic heterocycles. The molecule has 2 unspecified atom stereocenters. The zero-order valence-corrected chi connectivity index (χ0v) is 18.4. The number of amides is 1. The summed E-state index contributed by atoms with van der Waals surface area (Å²) in [5, 5.41) is 7.35. The van der Waals surface area contributed by atoms with Crippen molar-refractivity contribution < 1.29 is 9.59 Å². The van der Waals surface area contributed by atoms with E-state index in [0.717, 1.165) is 70.1 Å². The highest BCUT2D eigenvalue weighted by Gasteiger charge is 2.31. The van der Waals surface area contributed by atoms with Gasteiger partial charge >= 0.3 is 0 Å². The molecule has 5 nitrogen and oxygen atoms in total. The number of nitrogens with one attached hydrogen (secondary N) is 2. The molecular formula is C22H30ClN3O2S. The zero-order chi connectivity index (χ0) is 20.6. The highest BCUT2D eigenvalue weighted by Crippen LogP contribution is 2.24. The van der Waals surface area contributed by atoms with Crippen molar-refractivity contribution in [1.82, 2.24) is 10.2 Å². The molecule has 1 aromatic carbocycles. The van der Waals surface area contributed by atoms with E-state index in [4.69, 9.17) is 23.8 Å². The summed E-state index contributed by atoms with van der Waals surface area (Å²) in [7, 11) is 0. The van der Waals surface area contributed by atoms with Crippen LogP contribution in [-0.4, -0.2) is 40.8 Å². The van der Waals surface area contributed by atoms with Gasteiger partial charge < -0.3 is 15.5 Å². The van der Waals surface area contributed by atoms with E-state index in [1.807, 2.05) is 17.0 Å². The molecule has 158 valence electrons. The maximum Gasteiger partial charge on any atom is 0.223 e. The first-order valence-corrected chi connectivity index (χ1v) is 11.5. The minimum atomic E-state index is -0.358. The molecule has 0 radical (unpaired) electrons. The fourth-order valence-electron chi connectivity index (χ4n) is 4.21. The lowest BCUT2D eigenvalue weighted by molar-refractivity contribution is -0.135. The average molecular weight is 436 g/mol. The van der Waals surface area contributed by atoms with Gasteiger partial charge in [-0.2, -0.15) is 0 Å². The van der Waals surface area contributed by atoms with Crippen molar-refractivity contribution in [2.24, 2.45) is 5.92 Å². The number of hydrogen-bond acceptors (Lipinski definition) is 3. The number of ketones is 1. The van der Waals surface area contributed by atoms with E-state index in [1.165, 1.54) is 0 Å². The van der Waals surface area contributed by atoms with Crippen LogP contribution in [-0.2, 0) is 9.59 Å². The second-order valence-corrected chi connectivity index (χ2v) is 8.89. The SMILES string of the molecule is O=C1C(CC(=O)N2CCCC2)CCCCCCC1NC(=S)Nc1cccc(Cl)c1. The van der Waals surface area contributed by atoms with Gasteiger partial charge in [-0.3, -0.25) is 9.59 Å². The lowest BCUT2D eigenvalue weighted by Crippen LogP contribution is -2.46. The number of rotatable bonds is 4. The zero-order valence-electron chi connectivity index (χ0n) is 16.8. The molecule has 2 aliphatic rings. The van der Waals surface area contributed by atoms with E-state index in [2.05, 4.69) is 10.6 Å². The van der Waals surface area contributed by atoms with Gasteiger partial charge in [0.15, 0.2) is 10.9 Å². The Bertz CT molecular complexity index is 737. The van der Waals surface area contributed by atoms with E-state index >= 15 is 0 Å². The predicted octanol–water partition coefficient (Wildman–Crippen LogP) is 4.55. The maximum absolute atomic E-state index is 13.3. The molecule has 3 rings (SSSR count). The lowest BCUT2D eigenvalue weighted by atomic mass is 9.89. The lowest BCUT2D eigenvalue weighted by Gasteiger charge is -2.25. The fraction of sp³-hybridized carbons (Fsp3) is 0.591. The summed E-state index contributed by atoms with van der Waals surface area (Å²) < 4.78 is 0. The molecule has 1 saturated heterocycles. The average Bonchev–Trinajstić information content (AvgIpc) is 3.24. The maximum atomic E-state index is 13.3. The Hall–Kier alpha value is -1.66. The Balaban J connectivity index is 1.63. The van der Waals surface area contributed by atoms with Crippen LogP contribution in [0.25, 0.3) is 0 Å². The van der Waals surface area contributed by atoms with Gasteiger partial charge in [0.1, 0.15) is 0 Å². The van der Waals surface area contributed by atoms with Crippen LogP contribution in [0, 0.1) is 5.92 Å². The van der Waals surface area contributed by atoms with Crippen molar-refractivity contribution in [3.8, 4) is 0 Å². The van der Waals surface area contributed by atoms with Gasteiger partial charge in [-0.1, -0.05) is 43.4 Å². The number of likely N-dealkylation sites (tertiary alicyclic amines) is 1. The molecule has 0 bridgehead atoms. The topological polar surface area (TPSA) is 61.4 Å². The van der Waals surface area contributed by atoms with E-state index in [0.29, 0.717) is 16.6 Å². The molecule has 1 aliphatic carbocycles. The minimum absolute atomic E-state index is 0.120. The quantitative estimate of drug-likeness (QED) is 0.679. The van der Waals surface area contributed by atoms with Crippen LogP contribution in [0.2, 0.25) is 5.02 Å². The Kier molecular flexibility index (Phi) is 8.30. The number of thiocarbonyl (C=S) groups is 1. The van der Waals surface area contributed by atoms with Crippen molar-refractivity contribution in [3.63, 3.8) is 0 Å². The van der Waals surface area contributed by atoms with Gasteiger partial charge in [0.05, 0.1) is 6.04 Å². The number of nitrogens with zero attached hydrogens (tertiary/aromatic N) is 1. The predicted molar refractivity (Wildman–Crippen MR) is 121 cm³/mol. The fourth-order valence-corrected chi connectivity index (χ4v) is 4.66. The van der Waals surface area contributed by atoms with Gasteiger partial charge in [0.2, 0.25) is 5.91 Å². The van der Waals surface area contributed by atoms with Crippen LogP contribution in [0.3, 0.4) is 0 Å². The summed E-state index contributed by atoms with van der Waals surface area (Å²) in [6.07, 6.45) is 8.18. The van der Waals surface area contributed by atoms with Crippen molar-refractivity contribution in [1.29, 1.82) is 0 Å². The number of Topliss-reactive ketones (excluding diaryl/α,β-unsaturated/α-hetero) is 1. The van der Waals surface area contributed by atoms with E-state index in [1.54, 1.807) is 12.1 Å². The van der Waals surface area contributed by atoms with Crippen molar-refractivity contribution in [2.45, 2.75) is 63.8 Å². The van der Waals surface area contributed by atoms with Gasteiger partial charge in [-0.05, 0) is 56.1 Å². The third kappa shape index (κ3) is 6.68. The number of carbonyl (C=O) groups is 2. The summed E-state index contributed by atoms with van der Waals surface area (Å²) in [5.41, 5.74) is 0.784. The third-order valence-corrected chi connectivity index (χ3v) is 6.26. The van der Waals surface area contributed by atoms with Gasteiger partial charge in [-0.25, -0.2) is 0 Å². The van der Waals surface area contributed by atoms with Gasteiger partial charge in [-0.15, -0.1) is 0 Å². The Morgan fingerprint density at radius 3 is 2.55 bits per heavy atom. The summed E-state index contributed by atoms with van der Waals surface area (Å²) in [6.45, 7) is 1.66. The Morgan fingerprint density at radius 2 is 1.83 bits per heavy atom. The molecule has 1 heterocycles. The van der Waals surface area contributed by atoms with Crippen molar-refractivity contribution in [3.05, 3.63) is 29.3 Å². The van der Waals surface area contributed by atoms with E-state index in [-0.39, 0.29) is 23.7 Å². The minimum Gasteiger partial charge on any atom is -0.353 e. The third-order valence-electron chi connectivity index (χ3n) is 5.81. The molecule has 0 spiro atoms. The van der Waals surface area contributed by atoms with E-state index in [9.17, 15) is 9.59 Å². The monoisotopic (exact) mass is 435 g/mol. The second-order valence-electron chi connectivity index (χ2n) is 8.04. The first-order valence-electron chi connectivity index (χ1n) is 10.7. The molecule has 1 saturated carbocycles. The molecular weight excluding hydrogens is 406 g/mol. The first kappa shape index (κ1) is 22.0. The molecule has 0 aromatic heterocycles. The summed E-state index contributed by atoms with van der Waals surface area (Å²) in [6, 6.07) is 6.95. The molecule has 2 fully saturated rings. The molecule has 29 heavy (non-hydrogen) atoms. The second kappa shape index (κ2) is 10.9. The Morgan fingerprint density at radius 1 is 1.10 bits per heavy atom. The summed E-state index contributed by atoms with van der Waals surface area (Å²) in [4.78, 5) is 27.9. The largest absolute Gasteiger partial charge is 0.353 e. The van der Waals surface area contributed by atoms with Crippen LogP contribution >= 0.6 is 23.8 Å². The van der Waals surface area contributed by atoms with Crippen LogP contribution < -0.4 is 10.6 Å².